The molecule has 1 atom stereocenters. The Morgan fingerprint density at radius 1 is 1.36 bits per heavy atom. The molecule has 0 spiro atoms. The number of nitrogens with one attached hydrogen (secondary N) is 2. The maximum atomic E-state index is 12.5. The summed E-state index contributed by atoms with van der Waals surface area (Å²) in [6.07, 6.45) is 9.23. The predicted octanol–water partition coefficient (Wildman–Crippen LogP) is 3.12. The van der Waals surface area contributed by atoms with Gasteiger partial charge in [0, 0.05) is 29.6 Å². The number of nitrogens with two attached hydrogens (primary N) is 1. The zero-order valence-corrected chi connectivity index (χ0v) is 17.5. The largest absolute Gasteiger partial charge is 0.398 e. The van der Waals surface area contributed by atoms with E-state index in [1.54, 1.807) is 6.07 Å². The van der Waals surface area contributed by atoms with Crippen molar-refractivity contribution in [2.24, 2.45) is 11.0 Å². The fourth-order valence-corrected chi connectivity index (χ4v) is 3.27. The number of nitrogens with zero attached hydrogens (tertiary/aromatic N) is 2. The molecule has 1 aliphatic heterocycles. The van der Waals surface area contributed by atoms with Crippen LogP contribution in [0.15, 0.2) is 29.4 Å². The first-order valence-corrected chi connectivity index (χ1v) is 10.2. The molecular weight excluding hydrogens is 350 g/mol. The van der Waals surface area contributed by atoms with Gasteiger partial charge in [-0.1, -0.05) is 13.0 Å². The molecule has 1 amide bonds. The van der Waals surface area contributed by atoms with E-state index in [1.807, 2.05) is 18.3 Å². The molecule has 0 radical (unpaired) electrons. The highest BCUT2D eigenvalue weighted by molar-refractivity contribution is 5.96. The second-order valence-corrected chi connectivity index (χ2v) is 7.81. The smallest absolute Gasteiger partial charge is 0.251 e. The number of rotatable bonds is 7. The lowest BCUT2D eigenvalue weighted by atomic mass is 9.94. The Hall–Kier alpha value is -2.34. The highest BCUT2D eigenvalue weighted by atomic mass is 16.1. The average Bonchev–Trinajstić information content (AvgIpc) is 2.66. The van der Waals surface area contributed by atoms with Gasteiger partial charge in [-0.15, -0.1) is 0 Å². The van der Waals surface area contributed by atoms with Gasteiger partial charge in [-0.3, -0.25) is 4.79 Å². The number of amides is 1. The van der Waals surface area contributed by atoms with Gasteiger partial charge in [0.1, 0.15) is 0 Å². The molecule has 1 heterocycles. The predicted molar refractivity (Wildman–Crippen MR) is 118 cm³/mol. The number of allylic oxidation sites excluding steroid dienone is 1. The van der Waals surface area contributed by atoms with Crippen LogP contribution in [-0.4, -0.2) is 50.8 Å². The lowest BCUT2D eigenvalue weighted by molar-refractivity contribution is 0.0953. The number of hydrogen-bond acceptors (Lipinski definition) is 5. The van der Waals surface area contributed by atoms with E-state index in [0.717, 1.165) is 44.2 Å². The third kappa shape index (κ3) is 7.35. The molecule has 4 N–H and O–H groups in total. The molecule has 1 aromatic carbocycles. The highest BCUT2D eigenvalue weighted by Crippen LogP contribution is 2.28. The van der Waals surface area contributed by atoms with Crippen LogP contribution in [0.3, 0.4) is 0 Å². The number of carbonyl (C=O) groups excluding carboxylic acids is 1. The summed E-state index contributed by atoms with van der Waals surface area (Å²) in [4.78, 5) is 14.7. The summed E-state index contributed by atoms with van der Waals surface area (Å²) in [5.74, 6) is 0.414. The van der Waals surface area contributed by atoms with Crippen LogP contribution in [0.2, 0.25) is 0 Å². The van der Waals surface area contributed by atoms with Crippen molar-refractivity contribution in [3.05, 3.63) is 35.4 Å². The minimum Gasteiger partial charge on any atom is -0.398 e. The van der Waals surface area contributed by atoms with Crippen LogP contribution in [0, 0.1) is 5.92 Å². The zero-order chi connectivity index (χ0) is 20.4. The first kappa shape index (κ1) is 22.0. The third-order valence-corrected chi connectivity index (χ3v) is 4.94. The van der Waals surface area contributed by atoms with Crippen molar-refractivity contribution in [1.82, 2.24) is 15.6 Å². The van der Waals surface area contributed by atoms with Crippen LogP contribution in [0.1, 0.15) is 54.9 Å². The van der Waals surface area contributed by atoms with Crippen LogP contribution in [0.5, 0.6) is 0 Å². The molecule has 0 aromatic heterocycles. The van der Waals surface area contributed by atoms with Crippen LogP contribution in [0.4, 0.5) is 5.69 Å². The molecule has 6 nitrogen and oxygen atoms in total. The Bertz CT molecular complexity index is 696. The van der Waals surface area contributed by atoms with Crippen molar-refractivity contribution in [2.75, 3.05) is 39.5 Å². The molecule has 0 saturated heterocycles. The summed E-state index contributed by atoms with van der Waals surface area (Å²) in [6, 6.07) is 5.57. The van der Waals surface area contributed by atoms with E-state index in [4.69, 9.17) is 5.73 Å². The van der Waals surface area contributed by atoms with Crippen LogP contribution in [0.25, 0.3) is 5.57 Å². The van der Waals surface area contributed by atoms with Gasteiger partial charge in [0.15, 0.2) is 0 Å². The molecule has 1 unspecified atom stereocenters. The number of hydrogen-bond donors (Lipinski definition) is 3. The maximum Gasteiger partial charge on any atom is 0.251 e. The van der Waals surface area contributed by atoms with Gasteiger partial charge in [0.2, 0.25) is 0 Å². The highest BCUT2D eigenvalue weighted by Gasteiger charge is 2.12. The van der Waals surface area contributed by atoms with Crippen LogP contribution >= 0.6 is 0 Å². The monoisotopic (exact) mass is 385 g/mol. The molecule has 154 valence electrons. The molecular formula is C22H35N5O. The molecule has 0 saturated carbocycles. The summed E-state index contributed by atoms with van der Waals surface area (Å²) in [7, 11) is 4.12. The maximum absolute atomic E-state index is 12.5. The van der Waals surface area contributed by atoms with E-state index < -0.39 is 0 Å². The molecule has 28 heavy (non-hydrogen) atoms. The lowest BCUT2D eigenvalue weighted by Gasteiger charge is -2.15. The number of carbonyl (C=O) groups is 1. The summed E-state index contributed by atoms with van der Waals surface area (Å²) in [6.45, 7) is 4.55. The van der Waals surface area contributed by atoms with Gasteiger partial charge < -0.3 is 21.4 Å². The number of benzene rings is 1. The van der Waals surface area contributed by atoms with Crippen molar-refractivity contribution in [3.63, 3.8) is 0 Å². The van der Waals surface area contributed by atoms with E-state index in [0.29, 0.717) is 30.3 Å². The average molecular weight is 386 g/mol. The van der Waals surface area contributed by atoms with Gasteiger partial charge in [0.25, 0.3) is 5.91 Å². The van der Waals surface area contributed by atoms with Gasteiger partial charge in [-0.2, -0.15) is 5.10 Å². The molecule has 6 heteroatoms. The molecule has 1 aromatic rings. The standard InChI is InChI=1S/C22H35N5O/c1-17-7-6-8-18(11-13-25-26-16-17)20-15-19(9-10-21(20)23)22(28)24-12-4-5-14-27(2)3/h9-11,15-17,25H,4-8,12-14,23H2,1-3H3,(H,24,28)/b18-11+,26-16-. The minimum atomic E-state index is -0.0390. The fraction of sp³-hybridized carbons (Fsp3) is 0.545. The van der Waals surface area contributed by atoms with E-state index in [-0.39, 0.29) is 5.91 Å². The van der Waals surface area contributed by atoms with Gasteiger partial charge in [-0.25, -0.2) is 0 Å². The van der Waals surface area contributed by atoms with Crippen molar-refractivity contribution in [3.8, 4) is 0 Å². The van der Waals surface area contributed by atoms with E-state index >= 15 is 0 Å². The number of anilines is 1. The Balaban J connectivity index is 2.03. The molecule has 0 bridgehead atoms. The molecule has 0 aliphatic carbocycles. The lowest BCUT2D eigenvalue weighted by Crippen LogP contribution is -2.25. The SMILES string of the molecule is CC1/C=N\NC/C=C(/c2cc(C(=O)NCCCCN(C)C)ccc2N)CCC1. The molecule has 2 rings (SSSR count). The first-order chi connectivity index (χ1) is 13.5. The Morgan fingerprint density at radius 2 is 2.18 bits per heavy atom. The summed E-state index contributed by atoms with van der Waals surface area (Å²) >= 11 is 0. The van der Waals surface area contributed by atoms with Crippen LogP contribution < -0.4 is 16.5 Å². The normalized spacial score (nSPS) is 20.7. The second kappa shape index (κ2) is 11.5. The topological polar surface area (TPSA) is 82.8 Å². The molecule has 0 fully saturated rings. The van der Waals surface area contributed by atoms with Crippen molar-refractivity contribution in [1.29, 1.82) is 0 Å². The number of nitrogen functional groups attached to an aromatic ring is 1. The minimum absolute atomic E-state index is 0.0390. The Labute approximate surface area is 169 Å². The molecule has 1 aliphatic rings. The quantitative estimate of drug-likeness (QED) is 0.497. The Kier molecular flexibility index (Phi) is 9.01. The second-order valence-electron chi connectivity index (χ2n) is 7.81. The summed E-state index contributed by atoms with van der Waals surface area (Å²) < 4.78 is 0. The van der Waals surface area contributed by atoms with Crippen molar-refractivity contribution in [2.45, 2.75) is 39.0 Å². The fourth-order valence-electron chi connectivity index (χ4n) is 3.27. The first-order valence-electron chi connectivity index (χ1n) is 10.2. The summed E-state index contributed by atoms with van der Waals surface area (Å²) in [5.41, 5.74) is 12.8. The van der Waals surface area contributed by atoms with E-state index in [2.05, 4.69) is 47.8 Å². The summed E-state index contributed by atoms with van der Waals surface area (Å²) in [5, 5.41) is 7.27. The van der Waals surface area contributed by atoms with E-state index in [9.17, 15) is 4.79 Å². The zero-order valence-electron chi connectivity index (χ0n) is 17.5. The van der Waals surface area contributed by atoms with E-state index in [1.165, 1.54) is 5.57 Å². The Morgan fingerprint density at radius 3 is 2.96 bits per heavy atom. The van der Waals surface area contributed by atoms with Gasteiger partial charge >= 0.3 is 0 Å². The number of unbranched alkanes of at least 4 members (excludes halogenated alkanes) is 1. The third-order valence-electron chi connectivity index (χ3n) is 4.94. The number of hydrazone groups is 1. The van der Waals surface area contributed by atoms with Gasteiger partial charge in [0.05, 0.1) is 6.54 Å². The van der Waals surface area contributed by atoms with Gasteiger partial charge in [-0.05, 0) is 82.4 Å². The van der Waals surface area contributed by atoms with Crippen LogP contribution in [-0.2, 0) is 0 Å². The van der Waals surface area contributed by atoms with Crippen molar-refractivity contribution < 1.29 is 4.79 Å². The van der Waals surface area contributed by atoms with Crippen molar-refractivity contribution >= 4 is 23.4 Å².